The van der Waals surface area contributed by atoms with E-state index in [-0.39, 0.29) is 6.42 Å². The molecule has 0 bridgehead atoms. The number of anilines is 1. The number of nitrogens with zero attached hydrogens (tertiary/aromatic N) is 5. The molecule has 10 heteroatoms. The van der Waals surface area contributed by atoms with E-state index in [2.05, 4.69) is 20.2 Å². The Morgan fingerprint density at radius 1 is 1.18 bits per heavy atom. The van der Waals surface area contributed by atoms with Crippen molar-refractivity contribution in [3.05, 3.63) is 47.4 Å². The van der Waals surface area contributed by atoms with E-state index in [1.807, 2.05) is 0 Å². The average Bonchev–Trinajstić information content (AvgIpc) is 2.65. The summed E-state index contributed by atoms with van der Waals surface area (Å²) in [5.74, 6) is -1.20. The minimum atomic E-state index is -4.29. The monoisotopic (exact) mass is 409 g/mol. The van der Waals surface area contributed by atoms with Gasteiger partial charge in [0.2, 0.25) is 5.95 Å². The Balaban J connectivity index is 1.74. The second kappa shape index (κ2) is 7.14. The predicted octanol–water partition coefficient (Wildman–Crippen LogP) is 3.29. The van der Waals surface area contributed by atoms with Crippen LogP contribution in [0.3, 0.4) is 0 Å². The van der Waals surface area contributed by atoms with Crippen molar-refractivity contribution in [1.29, 1.82) is 0 Å². The predicted molar refractivity (Wildman–Crippen MR) is 97.6 cm³/mol. The number of halogens is 4. The Morgan fingerprint density at radius 3 is 2.57 bits per heavy atom. The Hall–Kier alpha value is -2.52. The van der Waals surface area contributed by atoms with Crippen molar-refractivity contribution in [2.24, 2.45) is 5.92 Å². The molecule has 0 spiro atoms. The lowest BCUT2D eigenvalue weighted by Gasteiger charge is -2.35. The fourth-order valence-corrected chi connectivity index (χ4v) is 3.27. The normalized spacial score (nSPS) is 20.1. The quantitative estimate of drug-likeness (QED) is 0.838. The van der Waals surface area contributed by atoms with Gasteiger partial charge in [-0.15, -0.1) is 10.2 Å². The lowest BCUT2D eigenvalue weighted by Crippen LogP contribution is -2.51. The maximum Gasteiger partial charge on any atom is 0.395 e. The molecule has 1 unspecified atom stereocenters. The zero-order valence-corrected chi connectivity index (χ0v) is 15.2. The van der Waals surface area contributed by atoms with Crippen molar-refractivity contribution in [2.75, 3.05) is 18.0 Å². The first-order chi connectivity index (χ1) is 13.3. The second-order valence-electron chi connectivity index (χ2n) is 6.63. The third kappa shape index (κ3) is 3.59. The molecule has 6 nitrogen and oxygen atoms in total. The van der Waals surface area contributed by atoms with Crippen LogP contribution in [-0.4, -0.2) is 50.6 Å². The van der Waals surface area contributed by atoms with Crippen LogP contribution >= 0.6 is 11.6 Å². The van der Waals surface area contributed by atoms with Crippen LogP contribution in [0.4, 0.5) is 19.1 Å². The molecule has 1 aliphatic carbocycles. The van der Waals surface area contributed by atoms with Crippen LogP contribution in [0.5, 0.6) is 0 Å². The number of aliphatic hydroxyl groups excluding tert-OH is 1. The van der Waals surface area contributed by atoms with Crippen LogP contribution in [0.25, 0.3) is 16.8 Å². The first kappa shape index (κ1) is 18.8. The number of aliphatic hydroxyl groups is 1. The summed E-state index contributed by atoms with van der Waals surface area (Å²) in [5.41, 5.74) is 1.80. The molecule has 2 aromatic heterocycles. The van der Waals surface area contributed by atoms with Crippen LogP contribution < -0.4 is 4.90 Å². The number of hydrogen-bond acceptors (Lipinski definition) is 6. The standard InChI is InChI=1S/C18H15ClF3N5O/c19-14-7-23-6-5-13(14)16-15(10-1-3-11(4-2-10)18(20,21)22)25-26-17(24-16)27-8-12(28)9-27/h1-3,5-7,11-12,28H,4,8-9H2. The van der Waals surface area contributed by atoms with Crippen molar-refractivity contribution in [3.8, 4) is 11.3 Å². The number of β-amino-alcohol motifs (C(OH)–C–C–N with tert-alkyl or cyclic N) is 1. The van der Waals surface area contributed by atoms with Crippen molar-refractivity contribution < 1.29 is 18.3 Å². The highest BCUT2D eigenvalue weighted by Crippen LogP contribution is 2.37. The highest BCUT2D eigenvalue weighted by atomic mass is 35.5. The molecule has 2 aliphatic rings. The van der Waals surface area contributed by atoms with Gasteiger partial charge < -0.3 is 10.0 Å². The van der Waals surface area contributed by atoms with E-state index in [4.69, 9.17) is 11.6 Å². The third-order valence-corrected chi connectivity index (χ3v) is 4.94. The summed E-state index contributed by atoms with van der Waals surface area (Å²) < 4.78 is 38.7. The van der Waals surface area contributed by atoms with E-state index in [1.165, 1.54) is 18.3 Å². The smallest absolute Gasteiger partial charge is 0.389 e. The number of aromatic nitrogens is 4. The zero-order chi connectivity index (χ0) is 19.9. The van der Waals surface area contributed by atoms with Gasteiger partial charge in [-0.3, -0.25) is 4.98 Å². The van der Waals surface area contributed by atoms with Gasteiger partial charge in [-0.1, -0.05) is 29.8 Å². The van der Waals surface area contributed by atoms with Crippen LogP contribution in [0, 0.1) is 5.92 Å². The lowest BCUT2D eigenvalue weighted by molar-refractivity contribution is -0.160. The zero-order valence-electron chi connectivity index (χ0n) is 14.4. The van der Waals surface area contributed by atoms with Gasteiger partial charge in [0.15, 0.2) is 0 Å². The molecule has 146 valence electrons. The van der Waals surface area contributed by atoms with Crippen molar-refractivity contribution >= 4 is 23.1 Å². The van der Waals surface area contributed by atoms with Gasteiger partial charge in [0.05, 0.1) is 17.0 Å². The maximum absolute atomic E-state index is 12.9. The summed E-state index contributed by atoms with van der Waals surface area (Å²) in [4.78, 5) is 10.2. The Bertz CT molecular complexity index is 956. The molecule has 4 rings (SSSR count). The molecule has 0 aromatic carbocycles. The molecule has 1 N–H and O–H groups in total. The highest BCUT2D eigenvalue weighted by Gasteiger charge is 2.38. The summed E-state index contributed by atoms with van der Waals surface area (Å²) in [7, 11) is 0. The van der Waals surface area contributed by atoms with Crippen LogP contribution in [0.15, 0.2) is 36.7 Å². The van der Waals surface area contributed by atoms with Gasteiger partial charge in [0, 0.05) is 31.0 Å². The van der Waals surface area contributed by atoms with Crippen molar-refractivity contribution in [3.63, 3.8) is 0 Å². The van der Waals surface area contributed by atoms with Crippen LogP contribution in [-0.2, 0) is 0 Å². The van der Waals surface area contributed by atoms with Crippen LogP contribution in [0.1, 0.15) is 12.1 Å². The van der Waals surface area contributed by atoms with Crippen molar-refractivity contribution in [2.45, 2.75) is 18.7 Å². The Labute approximate surface area is 163 Å². The molecule has 1 aliphatic heterocycles. The first-order valence-electron chi connectivity index (χ1n) is 8.56. The summed E-state index contributed by atoms with van der Waals surface area (Å²) in [6.45, 7) is 0.779. The maximum atomic E-state index is 12.9. The summed E-state index contributed by atoms with van der Waals surface area (Å²) in [5, 5.41) is 18.2. The summed E-state index contributed by atoms with van der Waals surface area (Å²) in [6, 6.07) is 1.66. The number of pyridine rings is 1. The molecule has 2 aromatic rings. The number of allylic oxidation sites excluding steroid dienone is 4. The van der Waals surface area contributed by atoms with Gasteiger partial charge in [0.25, 0.3) is 0 Å². The SMILES string of the molecule is OC1CN(c2nnc(C3=CCC(C(F)(F)F)C=C3)c(-c3ccncc3Cl)n2)C1. The molecule has 28 heavy (non-hydrogen) atoms. The number of hydrogen-bond donors (Lipinski definition) is 1. The third-order valence-electron chi connectivity index (χ3n) is 4.64. The fraction of sp³-hybridized carbons (Fsp3) is 0.333. The van der Waals surface area contributed by atoms with Gasteiger partial charge in [-0.2, -0.15) is 13.2 Å². The van der Waals surface area contributed by atoms with Gasteiger partial charge >= 0.3 is 6.18 Å². The largest absolute Gasteiger partial charge is 0.395 e. The highest BCUT2D eigenvalue weighted by molar-refractivity contribution is 6.33. The molecular weight excluding hydrogens is 395 g/mol. The van der Waals surface area contributed by atoms with E-state index in [9.17, 15) is 18.3 Å². The first-order valence-corrected chi connectivity index (χ1v) is 8.94. The molecule has 0 saturated carbocycles. The molecule has 1 saturated heterocycles. The van der Waals surface area contributed by atoms with E-state index in [1.54, 1.807) is 17.2 Å². The van der Waals surface area contributed by atoms with E-state index in [0.717, 1.165) is 6.08 Å². The van der Waals surface area contributed by atoms with Crippen molar-refractivity contribution in [1.82, 2.24) is 20.2 Å². The van der Waals surface area contributed by atoms with E-state index >= 15 is 0 Å². The number of alkyl halides is 3. The van der Waals surface area contributed by atoms with E-state index in [0.29, 0.717) is 46.6 Å². The summed E-state index contributed by atoms with van der Waals surface area (Å²) in [6.07, 6.45) is 2.08. The molecule has 1 fully saturated rings. The molecule has 3 heterocycles. The Morgan fingerprint density at radius 2 is 1.96 bits per heavy atom. The topological polar surface area (TPSA) is 75.0 Å². The minimum absolute atomic E-state index is 0.180. The van der Waals surface area contributed by atoms with Gasteiger partial charge in [-0.25, -0.2) is 4.98 Å². The molecule has 0 radical (unpaired) electrons. The molecular formula is C18H15ClF3N5O. The average molecular weight is 410 g/mol. The van der Waals surface area contributed by atoms with Gasteiger partial charge in [-0.05, 0) is 18.1 Å². The lowest BCUT2D eigenvalue weighted by atomic mass is 9.93. The number of rotatable bonds is 3. The van der Waals surface area contributed by atoms with Crippen LogP contribution in [0.2, 0.25) is 5.02 Å². The fourth-order valence-electron chi connectivity index (χ4n) is 3.06. The second-order valence-corrected chi connectivity index (χ2v) is 7.03. The van der Waals surface area contributed by atoms with E-state index < -0.39 is 18.2 Å². The minimum Gasteiger partial charge on any atom is -0.389 e. The summed E-state index contributed by atoms with van der Waals surface area (Å²) >= 11 is 6.27. The Kier molecular flexibility index (Phi) is 4.80. The molecule has 1 atom stereocenters. The van der Waals surface area contributed by atoms with Gasteiger partial charge in [0.1, 0.15) is 11.4 Å². The molecule has 0 amide bonds.